The van der Waals surface area contributed by atoms with E-state index in [-0.39, 0.29) is 16.9 Å². The van der Waals surface area contributed by atoms with E-state index in [9.17, 15) is 4.79 Å². The highest BCUT2D eigenvalue weighted by Crippen LogP contribution is 2.38. The number of amides is 1. The Bertz CT molecular complexity index is 761. The maximum atomic E-state index is 13.0. The number of hydrogen-bond acceptors (Lipinski definition) is 4. The number of hydrogen-bond donors (Lipinski definition) is 0. The Morgan fingerprint density at radius 1 is 1.26 bits per heavy atom. The van der Waals surface area contributed by atoms with Crippen LogP contribution < -0.4 is 9.64 Å². The number of anilines is 1. The van der Waals surface area contributed by atoms with Crippen molar-refractivity contribution >= 4 is 23.2 Å². The van der Waals surface area contributed by atoms with Crippen molar-refractivity contribution in [2.24, 2.45) is 5.92 Å². The highest BCUT2D eigenvalue weighted by Gasteiger charge is 2.29. The molecule has 1 aliphatic rings. The molecule has 0 fully saturated rings. The van der Waals surface area contributed by atoms with Gasteiger partial charge in [0.1, 0.15) is 5.56 Å². The van der Waals surface area contributed by atoms with Crippen LogP contribution in [0.15, 0.2) is 24.3 Å². The molecular weight excluding hydrogens is 314 g/mol. The smallest absolute Gasteiger partial charge is 0.264 e. The zero-order chi connectivity index (χ0) is 16.6. The van der Waals surface area contributed by atoms with E-state index >= 15 is 0 Å². The van der Waals surface area contributed by atoms with Crippen molar-refractivity contribution in [3.8, 4) is 11.6 Å². The Balaban J connectivity index is 2.12. The summed E-state index contributed by atoms with van der Waals surface area (Å²) in [5, 5.41) is 7.88. The first kappa shape index (κ1) is 15.7. The van der Waals surface area contributed by atoms with E-state index in [4.69, 9.17) is 16.3 Å². The van der Waals surface area contributed by atoms with Gasteiger partial charge in [-0.2, -0.15) is 0 Å². The zero-order valence-electron chi connectivity index (χ0n) is 13.3. The Kier molecular flexibility index (Phi) is 4.22. The van der Waals surface area contributed by atoms with Gasteiger partial charge in [0.25, 0.3) is 11.8 Å². The van der Waals surface area contributed by atoms with Gasteiger partial charge in [0.05, 0.1) is 5.69 Å². The topological polar surface area (TPSA) is 55.3 Å². The van der Waals surface area contributed by atoms with E-state index in [1.165, 1.54) is 6.07 Å². The second kappa shape index (κ2) is 6.16. The Hall–Kier alpha value is -2.14. The minimum atomic E-state index is -0.165. The highest BCUT2D eigenvalue weighted by atomic mass is 35.5. The predicted octanol–water partition coefficient (Wildman–Crippen LogP) is 4.24. The predicted molar refractivity (Wildman–Crippen MR) is 89.4 cm³/mol. The molecule has 0 aliphatic carbocycles. The SMILES string of the molecule is Cc1ccc2c(c1)N(CCC(C)C)C(=O)c1cc(Cl)nnc1O2. The van der Waals surface area contributed by atoms with Crippen molar-refractivity contribution in [2.75, 3.05) is 11.4 Å². The van der Waals surface area contributed by atoms with Gasteiger partial charge in [0.2, 0.25) is 0 Å². The van der Waals surface area contributed by atoms with E-state index in [0.717, 1.165) is 17.7 Å². The van der Waals surface area contributed by atoms with Crippen LogP contribution in [0, 0.1) is 12.8 Å². The van der Waals surface area contributed by atoms with E-state index in [0.29, 0.717) is 23.8 Å². The monoisotopic (exact) mass is 331 g/mol. The molecule has 0 bridgehead atoms. The molecule has 0 unspecified atom stereocenters. The maximum absolute atomic E-state index is 13.0. The lowest BCUT2D eigenvalue weighted by Gasteiger charge is -2.23. The van der Waals surface area contributed by atoms with Gasteiger partial charge in [-0.05, 0) is 43.0 Å². The number of fused-ring (bicyclic) bond motifs is 2. The molecule has 0 saturated carbocycles. The number of carbonyl (C=O) groups is 1. The van der Waals surface area contributed by atoms with Gasteiger partial charge in [-0.1, -0.05) is 31.5 Å². The van der Waals surface area contributed by atoms with Crippen molar-refractivity contribution in [2.45, 2.75) is 27.2 Å². The molecular formula is C17H18ClN3O2. The van der Waals surface area contributed by atoms with E-state index in [2.05, 4.69) is 24.0 Å². The first-order valence-electron chi connectivity index (χ1n) is 7.59. The van der Waals surface area contributed by atoms with Crippen LogP contribution in [0.1, 0.15) is 36.2 Å². The van der Waals surface area contributed by atoms with Crippen LogP contribution in [0.25, 0.3) is 0 Å². The number of carbonyl (C=O) groups excluding carboxylic acids is 1. The Labute approximate surface area is 140 Å². The number of benzene rings is 1. The summed E-state index contributed by atoms with van der Waals surface area (Å²) in [6, 6.07) is 7.26. The quantitative estimate of drug-likeness (QED) is 0.844. The molecule has 3 rings (SSSR count). The van der Waals surface area contributed by atoms with Crippen LogP contribution in [-0.2, 0) is 0 Å². The molecule has 0 saturated heterocycles. The molecule has 6 heteroatoms. The van der Waals surface area contributed by atoms with E-state index in [1.54, 1.807) is 4.90 Å². The number of ether oxygens (including phenoxy) is 1. The molecule has 2 aromatic rings. The van der Waals surface area contributed by atoms with Gasteiger partial charge in [-0.25, -0.2) is 0 Å². The molecule has 0 atom stereocenters. The van der Waals surface area contributed by atoms with Crippen molar-refractivity contribution < 1.29 is 9.53 Å². The lowest BCUT2D eigenvalue weighted by Crippen LogP contribution is -2.32. The Morgan fingerprint density at radius 2 is 2.04 bits per heavy atom. The number of halogens is 1. The van der Waals surface area contributed by atoms with Crippen molar-refractivity contribution in [1.82, 2.24) is 10.2 Å². The summed E-state index contributed by atoms with van der Waals surface area (Å²) in [4.78, 5) is 14.7. The van der Waals surface area contributed by atoms with Gasteiger partial charge in [-0.15, -0.1) is 10.2 Å². The van der Waals surface area contributed by atoms with Gasteiger partial charge in [0.15, 0.2) is 10.9 Å². The molecule has 1 aliphatic heterocycles. The molecule has 0 spiro atoms. The lowest BCUT2D eigenvalue weighted by atomic mass is 10.1. The highest BCUT2D eigenvalue weighted by molar-refractivity contribution is 6.29. The van der Waals surface area contributed by atoms with Crippen molar-refractivity contribution in [1.29, 1.82) is 0 Å². The third-order valence-electron chi connectivity index (χ3n) is 3.75. The van der Waals surface area contributed by atoms with Crippen LogP contribution in [0.2, 0.25) is 5.15 Å². The van der Waals surface area contributed by atoms with Crippen LogP contribution in [0.4, 0.5) is 5.69 Å². The van der Waals surface area contributed by atoms with Gasteiger partial charge in [0, 0.05) is 6.54 Å². The summed E-state index contributed by atoms with van der Waals surface area (Å²) in [6.07, 6.45) is 0.890. The number of nitrogens with zero attached hydrogens (tertiary/aromatic N) is 3. The summed E-state index contributed by atoms with van der Waals surface area (Å²) in [5.74, 6) is 1.11. The fraction of sp³-hybridized carbons (Fsp3) is 0.353. The zero-order valence-corrected chi connectivity index (χ0v) is 14.1. The third kappa shape index (κ3) is 3.15. The fourth-order valence-electron chi connectivity index (χ4n) is 2.48. The average Bonchev–Trinajstić information content (AvgIpc) is 2.60. The molecule has 0 N–H and O–H groups in total. The van der Waals surface area contributed by atoms with Gasteiger partial charge in [-0.3, -0.25) is 4.79 Å². The second-order valence-electron chi connectivity index (χ2n) is 6.10. The maximum Gasteiger partial charge on any atom is 0.264 e. The largest absolute Gasteiger partial charge is 0.435 e. The molecule has 120 valence electrons. The van der Waals surface area contributed by atoms with E-state index in [1.807, 2.05) is 25.1 Å². The van der Waals surface area contributed by atoms with Crippen LogP contribution >= 0.6 is 11.6 Å². The van der Waals surface area contributed by atoms with Crippen LogP contribution in [0.5, 0.6) is 11.6 Å². The normalized spacial score (nSPS) is 13.4. The molecule has 0 radical (unpaired) electrons. The molecule has 1 amide bonds. The summed E-state index contributed by atoms with van der Waals surface area (Å²) in [6.45, 7) is 6.86. The summed E-state index contributed by atoms with van der Waals surface area (Å²) >= 11 is 5.91. The number of aromatic nitrogens is 2. The van der Waals surface area contributed by atoms with Crippen LogP contribution in [-0.4, -0.2) is 22.6 Å². The Morgan fingerprint density at radius 3 is 2.78 bits per heavy atom. The third-order valence-corrected chi connectivity index (χ3v) is 3.93. The number of rotatable bonds is 3. The lowest BCUT2D eigenvalue weighted by molar-refractivity contribution is 0.0985. The van der Waals surface area contributed by atoms with Gasteiger partial charge >= 0.3 is 0 Å². The van der Waals surface area contributed by atoms with Crippen LogP contribution in [0.3, 0.4) is 0 Å². The van der Waals surface area contributed by atoms with Crippen molar-refractivity contribution in [3.05, 3.63) is 40.5 Å². The molecule has 23 heavy (non-hydrogen) atoms. The number of aryl methyl sites for hydroxylation is 1. The van der Waals surface area contributed by atoms with E-state index < -0.39 is 0 Å². The fourth-order valence-corrected chi connectivity index (χ4v) is 2.63. The van der Waals surface area contributed by atoms with Crippen molar-refractivity contribution in [3.63, 3.8) is 0 Å². The first-order valence-corrected chi connectivity index (χ1v) is 7.97. The second-order valence-corrected chi connectivity index (χ2v) is 6.49. The summed E-state index contributed by atoms with van der Waals surface area (Å²) in [5.41, 5.74) is 2.15. The molecule has 2 heterocycles. The minimum absolute atomic E-state index is 0.165. The summed E-state index contributed by atoms with van der Waals surface area (Å²) < 4.78 is 5.83. The average molecular weight is 332 g/mol. The van der Waals surface area contributed by atoms with Gasteiger partial charge < -0.3 is 9.64 Å². The minimum Gasteiger partial charge on any atom is -0.435 e. The standard InChI is InChI=1S/C17H18ClN3O2/c1-10(2)6-7-21-13-8-11(3)4-5-14(13)23-16-12(17(21)22)9-15(18)19-20-16/h4-5,8-10H,6-7H2,1-3H3. The first-order chi connectivity index (χ1) is 11.0. The molecule has 1 aromatic carbocycles. The molecule has 5 nitrogen and oxygen atoms in total. The molecule has 1 aromatic heterocycles. The summed E-state index contributed by atoms with van der Waals surface area (Å²) in [7, 11) is 0.